The minimum atomic E-state index is -3.96. The molecule has 2 rings (SSSR count). The summed E-state index contributed by atoms with van der Waals surface area (Å²) in [5, 5.41) is 0. The van der Waals surface area contributed by atoms with Crippen molar-refractivity contribution in [2.45, 2.75) is 33.0 Å². The highest BCUT2D eigenvalue weighted by Crippen LogP contribution is 2.51. The van der Waals surface area contributed by atoms with Crippen LogP contribution in [0.2, 0.25) is 0 Å². The summed E-state index contributed by atoms with van der Waals surface area (Å²) >= 11 is 0. The standard InChI is InChI=1S/C22H30N3O5P/c1-3-4-15-28-21(26)16-25(2)22(23)24-31(27,29-17-19-11-7-5-8-12-19)30-18-20-13-9-6-10-14-20/h5-14H,3-4,15-18H2,1-2H3,(H2,23,24,27). The zero-order valence-corrected chi connectivity index (χ0v) is 18.9. The first-order valence-corrected chi connectivity index (χ1v) is 11.6. The molecule has 0 spiro atoms. The zero-order valence-electron chi connectivity index (χ0n) is 18.0. The van der Waals surface area contributed by atoms with Gasteiger partial charge in [-0.15, -0.1) is 4.76 Å². The molecule has 0 aliphatic carbocycles. The first kappa shape index (κ1) is 24.6. The minimum Gasteiger partial charge on any atom is -0.464 e. The van der Waals surface area contributed by atoms with E-state index in [4.69, 9.17) is 19.5 Å². The Bertz CT molecular complexity index is 830. The van der Waals surface area contributed by atoms with Gasteiger partial charge in [0.25, 0.3) is 0 Å². The first-order chi connectivity index (χ1) is 14.9. The highest BCUT2D eigenvalue weighted by Gasteiger charge is 2.26. The molecule has 0 saturated heterocycles. The van der Waals surface area contributed by atoms with Gasteiger partial charge in [0.1, 0.15) is 6.54 Å². The third-order valence-corrected chi connectivity index (χ3v) is 5.58. The number of esters is 1. The number of nitrogens with zero attached hydrogens (tertiary/aromatic N) is 2. The van der Waals surface area contributed by atoms with Gasteiger partial charge >= 0.3 is 13.7 Å². The van der Waals surface area contributed by atoms with Gasteiger partial charge in [-0.1, -0.05) is 74.0 Å². The molecule has 0 unspecified atom stereocenters. The fourth-order valence-corrected chi connectivity index (χ4v) is 3.63. The van der Waals surface area contributed by atoms with Crippen LogP contribution in [-0.4, -0.2) is 37.0 Å². The highest BCUT2D eigenvalue weighted by molar-refractivity contribution is 7.52. The lowest BCUT2D eigenvalue weighted by Crippen LogP contribution is -2.38. The Morgan fingerprint density at radius 2 is 1.52 bits per heavy atom. The molecule has 8 nitrogen and oxygen atoms in total. The van der Waals surface area contributed by atoms with Crippen LogP contribution in [0.4, 0.5) is 0 Å². The topological polar surface area (TPSA) is 103 Å². The third kappa shape index (κ3) is 9.34. The molecule has 0 saturated carbocycles. The van der Waals surface area contributed by atoms with Crippen molar-refractivity contribution in [1.82, 2.24) is 4.90 Å². The van der Waals surface area contributed by atoms with Crippen LogP contribution >= 0.6 is 7.75 Å². The van der Waals surface area contributed by atoms with Gasteiger partial charge in [0.2, 0.25) is 5.96 Å². The van der Waals surface area contributed by atoms with E-state index in [9.17, 15) is 9.36 Å². The van der Waals surface area contributed by atoms with Gasteiger partial charge in [0.15, 0.2) is 0 Å². The van der Waals surface area contributed by atoms with E-state index in [-0.39, 0.29) is 25.7 Å². The van der Waals surface area contributed by atoms with Gasteiger partial charge in [-0.25, -0.2) is 4.57 Å². The zero-order chi connectivity index (χ0) is 22.5. The normalized spacial score (nSPS) is 11.9. The Morgan fingerprint density at radius 1 is 1.00 bits per heavy atom. The minimum absolute atomic E-state index is 0.0342. The first-order valence-electron chi connectivity index (χ1n) is 10.1. The van der Waals surface area contributed by atoms with Crippen molar-refractivity contribution < 1.29 is 23.1 Å². The number of unbranched alkanes of at least 4 members (excludes halogenated alkanes) is 1. The summed E-state index contributed by atoms with van der Waals surface area (Å²) < 4.78 is 33.6. The number of nitrogens with two attached hydrogens (primary N) is 1. The number of hydrogen-bond acceptors (Lipinski definition) is 5. The maximum Gasteiger partial charge on any atom is 0.457 e. The number of hydrogen-bond donors (Lipinski definition) is 1. The monoisotopic (exact) mass is 447 g/mol. The fourth-order valence-electron chi connectivity index (χ4n) is 2.41. The number of carbonyl (C=O) groups is 1. The van der Waals surface area contributed by atoms with E-state index in [1.165, 1.54) is 4.90 Å². The Kier molecular flexibility index (Phi) is 10.2. The van der Waals surface area contributed by atoms with Crippen molar-refractivity contribution in [2.24, 2.45) is 10.5 Å². The molecule has 0 atom stereocenters. The molecule has 9 heteroatoms. The lowest BCUT2D eigenvalue weighted by atomic mass is 10.2. The highest BCUT2D eigenvalue weighted by atomic mass is 31.2. The van der Waals surface area contributed by atoms with Gasteiger partial charge in [0, 0.05) is 7.05 Å². The maximum atomic E-state index is 13.3. The van der Waals surface area contributed by atoms with E-state index in [1.54, 1.807) is 7.05 Å². The number of carbonyl (C=O) groups excluding carboxylic acids is 1. The molecule has 2 aromatic carbocycles. The lowest BCUT2D eigenvalue weighted by molar-refractivity contribution is -0.143. The Hall–Kier alpha value is -2.67. The molecule has 2 N–H and O–H groups in total. The lowest BCUT2D eigenvalue weighted by Gasteiger charge is -2.20. The van der Waals surface area contributed by atoms with Crippen molar-refractivity contribution in [3.63, 3.8) is 0 Å². The van der Waals surface area contributed by atoms with E-state index in [1.807, 2.05) is 67.6 Å². The number of ether oxygens (including phenoxy) is 1. The second-order valence-corrected chi connectivity index (χ2v) is 8.53. The fraction of sp³-hybridized carbons (Fsp3) is 0.364. The van der Waals surface area contributed by atoms with Gasteiger partial charge in [-0.05, 0) is 17.5 Å². The molecule has 31 heavy (non-hydrogen) atoms. The average Bonchev–Trinajstić information content (AvgIpc) is 2.78. The molecule has 0 aliphatic rings. The third-order valence-electron chi connectivity index (χ3n) is 4.22. The average molecular weight is 447 g/mol. The van der Waals surface area contributed by atoms with E-state index in [0.29, 0.717) is 6.61 Å². The summed E-state index contributed by atoms with van der Waals surface area (Å²) in [7, 11) is -2.41. The molecule has 2 aromatic rings. The molecule has 0 heterocycles. The Morgan fingerprint density at radius 3 is 2.00 bits per heavy atom. The second-order valence-electron chi connectivity index (χ2n) is 6.87. The number of guanidine groups is 1. The molecule has 0 amide bonds. The summed E-state index contributed by atoms with van der Waals surface area (Å²) in [6, 6.07) is 18.5. The second kappa shape index (κ2) is 12.9. The molecule has 0 fully saturated rings. The van der Waals surface area contributed by atoms with Crippen LogP contribution in [0.3, 0.4) is 0 Å². The van der Waals surface area contributed by atoms with Crippen LogP contribution < -0.4 is 5.73 Å². The predicted octanol–water partition coefficient (Wildman–Crippen LogP) is 4.12. The SMILES string of the molecule is CCCCOC(=O)CN(C)/C(N)=N/P(=O)(OCc1ccccc1)OCc1ccccc1. The molecule has 0 aliphatic heterocycles. The maximum absolute atomic E-state index is 13.3. The molecular formula is C22H30N3O5P. The van der Waals surface area contributed by atoms with Crippen LogP contribution in [-0.2, 0) is 36.4 Å². The van der Waals surface area contributed by atoms with Crippen molar-refractivity contribution >= 4 is 19.7 Å². The van der Waals surface area contributed by atoms with Gasteiger partial charge in [-0.3, -0.25) is 13.8 Å². The number of rotatable bonds is 12. The van der Waals surface area contributed by atoms with Crippen LogP contribution in [0, 0.1) is 0 Å². The van der Waals surface area contributed by atoms with Gasteiger partial charge in [-0.2, -0.15) is 0 Å². The summed E-state index contributed by atoms with van der Waals surface area (Å²) in [5.74, 6) is -0.587. The smallest absolute Gasteiger partial charge is 0.457 e. The molecule has 0 radical (unpaired) electrons. The van der Waals surface area contributed by atoms with Gasteiger partial charge < -0.3 is 15.4 Å². The van der Waals surface area contributed by atoms with Crippen LogP contribution in [0.25, 0.3) is 0 Å². The van der Waals surface area contributed by atoms with E-state index in [0.717, 1.165) is 24.0 Å². The number of likely N-dealkylation sites (N-methyl/N-ethyl adjacent to an activating group) is 1. The summed E-state index contributed by atoms with van der Waals surface area (Å²) in [6.45, 7) is 2.29. The number of benzene rings is 2. The van der Waals surface area contributed by atoms with Crippen molar-refractivity contribution in [3.05, 3.63) is 71.8 Å². The van der Waals surface area contributed by atoms with Crippen LogP contribution in [0.15, 0.2) is 65.4 Å². The molecule has 168 valence electrons. The van der Waals surface area contributed by atoms with Crippen LogP contribution in [0.5, 0.6) is 0 Å². The van der Waals surface area contributed by atoms with Crippen molar-refractivity contribution in [2.75, 3.05) is 20.2 Å². The summed E-state index contributed by atoms with van der Waals surface area (Å²) in [4.78, 5) is 13.3. The molecule has 0 bridgehead atoms. The molecule has 0 aromatic heterocycles. The van der Waals surface area contributed by atoms with Crippen LogP contribution in [0.1, 0.15) is 30.9 Å². The van der Waals surface area contributed by atoms with Crippen molar-refractivity contribution in [3.8, 4) is 0 Å². The molecular weight excluding hydrogens is 417 g/mol. The van der Waals surface area contributed by atoms with E-state index >= 15 is 0 Å². The summed E-state index contributed by atoms with van der Waals surface area (Å²) in [5.41, 5.74) is 7.61. The summed E-state index contributed by atoms with van der Waals surface area (Å²) in [6.07, 6.45) is 1.71. The van der Waals surface area contributed by atoms with Crippen molar-refractivity contribution in [1.29, 1.82) is 0 Å². The van der Waals surface area contributed by atoms with E-state index < -0.39 is 13.7 Å². The Labute approximate surface area is 183 Å². The van der Waals surface area contributed by atoms with E-state index in [2.05, 4.69) is 4.76 Å². The predicted molar refractivity (Wildman–Crippen MR) is 120 cm³/mol. The largest absolute Gasteiger partial charge is 0.464 e. The quantitative estimate of drug-likeness (QED) is 0.172. The van der Waals surface area contributed by atoms with Gasteiger partial charge in [0.05, 0.1) is 19.8 Å². The Balaban J connectivity index is 2.07.